The number of esters is 1. The first-order chi connectivity index (χ1) is 9.30. The van der Waals surface area contributed by atoms with Crippen LogP contribution in [0.15, 0.2) is 11.1 Å². The molecule has 112 valence electrons. The van der Waals surface area contributed by atoms with Crippen molar-refractivity contribution in [1.82, 2.24) is 4.90 Å². The highest BCUT2D eigenvalue weighted by Gasteiger charge is 2.34. The SMILES string of the molecule is COC(=O)C1CCC2=C(C1)CN(C(=O)OC(C)(C)C)C2. The second kappa shape index (κ2) is 5.46. The van der Waals surface area contributed by atoms with Crippen molar-refractivity contribution >= 4 is 12.1 Å². The van der Waals surface area contributed by atoms with Gasteiger partial charge in [-0.3, -0.25) is 4.79 Å². The van der Waals surface area contributed by atoms with E-state index in [4.69, 9.17) is 9.47 Å². The van der Waals surface area contributed by atoms with Crippen LogP contribution in [-0.2, 0) is 14.3 Å². The molecule has 0 fully saturated rings. The molecule has 1 heterocycles. The van der Waals surface area contributed by atoms with E-state index in [2.05, 4.69) is 0 Å². The van der Waals surface area contributed by atoms with E-state index >= 15 is 0 Å². The van der Waals surface area contributed by atoms with Crippen LogP contribution < -0.4 is 0 Å². The van der Waals surface area contributed by atoms with Crippen molar-refractivity contribution in [2.24, 2.45) is 5.92 Å². The van der Waals surface area contributed by atoms with Gasteiger partial charge in [0, 0.05) is 13.1 Å². The van der Waals surface area contributed by atoms with Crippen LogP contribution in [0.5, 0.6) is 0 Å². The predicted molar refractivity (Wildman–Crippen MR) is 74.2 cm³/mol. The van der Waals surface area contributed by atoms with E-state index < -0.39 is 5.60 Å². The molecule has 0 aromatic rings. The lowest BCUT2D eigenvalue weighted by Crippen LogP contribution is -2.35. The number of amides is 1. The monoisotopic (exact) mass is 281 g/mol. The number of hydrogen-bond donors (Lipinski definition) is 0. The van der Waals surface area contributed by atoms with Gasteiger partial charge in [0.05, 0.1) is 13.0 Å². The Morgan fingerprint density at radius 3 is 2.45 bits per heavy atom. The summed E-state index contributed by atoms with van der Waals surface area (Å²) in [7, 11) is 1.42. The van der Waals surface area contributed by atoms with Crippen molar-refractivity contribution in [3.63, 3.8) is 0 Å². The van der Waals surface area contributed by atoms with Crippen molar-refractivity contribution in [3.05, 3.63) is 11.1 Å². The fraction of sp³-hybridized carbons (Fsp3) is 0.733. The van der Waals surface area contributed by atoms with Crippen molar-refractivity contribution in [2.45, 2.75) is 45.6 Å². The lowest BCUT2D eigenvalue weighted by molar-refractivity contribution is -0.145. The highest BCUT2D eigenvalue weighted by Crippen LogP contribution is 2.35. The molecule has 2 rings (SSSR count). The van der Waals surface area contributed by atoms with Crippen LogP contribution in [-0.4, -0.2) is 42.8 Å². The largest absolute Gasteiger partial charge is 0.469 e. The number of ether oxygens (including phenoxy) is 2. The summed E-state index contributed by atoms with van der Waals surface area (Å²) in [5.41, 5.74) is 2.02. The fourth-order valence-corrected chi connectivity index (χ4v) is 2.78. The number of methoxy groups -OCH3 is 1. The van der Waals surface area contributed by atoms with Gasteiger partial charge in [0.1, 0.15) is 5.60 Å². The second-order valence-corrected chi connectivity index (χ2v) is 6.51. The molecule has 0 saturated heterocycles. The highest BCUT2D eigenvalue weighted by molar-refractivity contribution is 5.74. The fourth-order valence-electron chi connectivity index (χ4n) is 2.78. The van der Waals surface area contributed by atoms with Crippen LogP contribution in [0, 0.1) is 5.92 Å². The highest BCUT2D eigenvalue weighted by atomic mass is 16.6. The standard InChI is InChI=1S/C15H23NO4/c1-15(2,3)20-14(18)16-8-11-6-5-10(13(17)19-4)7-12(11)9-16/h10H,5-9H2,1-4H3. The van der Waals surface area contributed by atoms with Crippen LogP contribution >= 0.6 is 0 Å². The molecule has 5 nitrogen and oxygen atoms in total. The van der Waals surface area contributed by atoms with Gasteiger partial charge in [0.15, 0.2) is 0 Å². The minimum atomic E-state index is -0.477. The van der Waals surface area contributed by atoms with Crippen LogP contribution in [0.25, 0.3) is 0 Å². The number of carbonyl (C=O) groups excluding carboxylic acids is 2. The van der Waals surface area contributed by atoms with E-state index in [0.717, 1.165) is 12.8 Å². The Morgan fingerprint density at radius 2 is 1.85 bits per heavy atom. The van der Waals surface area contributed by atoms with Crippen molar-refractivity contribution in [2.75, 3.05) is 20.2 Å². The van der Waals surface area contributed by atoms with Crippen LogP contribution in [0.1, 0.15) is 40.0 Å². The van der Waals surface area contributed by atoms with Gasteiger partial charge in [-0.1, -0.05) is 0 Å². The molecule has 0 aromatic heterocycles. The van der Waals surface area contributed by atoms with Gasteiger partial charge in [0.2, 0.25) is 0 Å². The quantitative estimate of drug-likeness (QED) is 0.547. The minimum absolute atomic E-state index is 0.0580. The average Bonchev–Trinajstić information content (AvgIpc) is 2.78. The van der Waals surface area contributed by atoms with Crippen molar-refractivity contribution < 1.29 is 19.1 Å². The van der Waals surface area contributed by atoms with Gasteiger partial charge in [0.25, 0.3) is 0 Å². The zero-order valence-electron chi connectivity index (χ0n) is 12.7. The Hall–Kier alpha value is -1.52. The smallest absolute Gasteiger partial charge is 0.410 e. The number of rotatable bonds is 1. The van der Waals surface area contributed by atoms with Gasteiger partial charge in [-0.15, -0.1) is 0 Å². The molecule has 1 unspecified atom stereocenters. The average molecular weight is 281 g/mol. The minimum Gasteiger partial charge on any atom is -0.469 e. The molecule has 1 aliphatic heterocycles. The Labute approximate surface area is 119 Å². The third-order valence-corrected chi connectivity index (χ3v) is 3.74. The molecule has 1 amide bonds. The topological polar surface area (TPSA) is 55.8 Å². The van der Waals surface area contributed by atoms with Crippen LogP contribution in [0.4, 0.5) is 4.79 Å². The maximum absolute atomic E-state index is 12.1. The zero-order valence-corrected chi connectivity index (χ0v) is 12.7. The summed E-state index contributed by atoms with van der Waals surface area (Å²) in [6.45, 7) is 6.81. The number of hydrogen-bond acceptors (Lipinski definition) is 4. The summed E-state index contributed by atoms with van der Waals surface area (Å²) in [6, 6.07) is 0. The number of nitrogens with zero attached hydrogens (tertiary/aromatic N) is 1. The molecule has 0 spiro atoms. The van der Waals surface area contributed by atoms with E-state index in [-0.39, 0.29) is 18.0 Å². The predicted octanol–water partition coefficient (Wildman–Crippen LogP) is 2.51. The van der Waals surface area contributed by atoms with Gasteiger partial charge in [-0.2, -0.15) is 0 Å². The molecule has 1 aliphatic carbocycles. The maximum Gasteiger partial charge on any atom is 0.410 e. The Bertz CT molecular complexity index is 447. The Morgan fingerprint density at radius 1 is 1.20 bits per heavy atom. The molecular weight excluding hydrogens is 258 g/mol. The van der Waals surface area contributed by atoms with E-state index in [1.807, 2.05) is 20.8 Å². The first-order valence-corrected chi connectivity index (χ1v) is 7.05. The lowest BCUT2D eigenvalue weighted by atomic mass is 9.85. The molecular formula is C15H23NO4. The Balaban J connectivity index is 1.95. The molecule has 5 heteroatoms. The van der Waals surface area contributed by atoms with E-state index in [0.29, 0.717) is 19.5 Å². The molecule has 0 radical (unpaired) electrons. The van der Waals surface area contributed by atoms with Gasteiger partial charge >= 0.3 is 12.1 Å². The summed E-state index contributed by atoms with van der Waals surface area (Å²) in [5.74, 6) is -0.204. The van der Waals surface area contributed by atoms with Crippen LogP contribution in [0.2, 0.25) is 0 Å². The van der Waals surface area contributed by atoms with E-state index in [9.17, 15) is 9.59 Å². The summed E-state index contributed by atoms with van der Waals surface area (Å²) >= 11 is 0. The normalized spacial score (nSPS) is 22.6. The molecule has 1 atom stereocenters. The van der Waals surface area contributed by atoms with Crippen molar-refractivity contribution in [1.29, 1.82) is 0 Å². The summed E-state index contributed by atoms with van der Waals surface area (Å²) in [4.78, 5) is 25.4. The molecule has 0 saturated carbocycles. The van der Waals surface area contributed by atoms with Crippen LogP contribution in [0.3, 0.4) is 0 Å². The molecule has 0 N–H and O–H groups in total. The van der Waals surface area contributed by atoms with E-state index in [1.54, 1.807) is 4.90 Å². The number of carbonyl (C=O) groups is 2. The second-order valence-electron chi connectivity index (χ2n) is 6.51. The first kappa shape index (κ1) is 14.9. The first-order valence-electron chi connectivity index (χ1n) is 7.05. The summed E-state index contributed by atoms with van der Waals surface area (Å²) in [5, 5.41) is 0. The van der Waals surface area contributed by atoms with Gasteiger partial charge in [-0.05, 0) is 51.2 Å². The molecule has 0 aromatic carbocycles. The van der Waals surface area contributed by atoms with Gasteiger partial charge in [-0.25, -0.2) is 4.79 Å². The van der Waals surface area contributed by atoms with Crippen molar-refractivity contribution in [3.8, 4) is 0 Å². The third kappa shape index (κ3) is 3.32. The zero-order chi connectivity index (χ0) is 14.9. The maximum atomic E-state index is 12.1. The lowest BCUT2D eigenvalue weighted by Gasteiger charge is -2.24. The molecule has 2 aliphatic rings. The summed E-state index contributed by atoms with van der Waals surface area (Å²) in [6.07, 6.45) is 2.12. The summed E-state index contributed by atoms with van der Waals surface area (Å²) < 4.78 is 10.2. The third-order valence-electron chi connectivity index (χ3n) is 3.74. The molecule has 20 heavy (non-hydrogen) atoms. The Kier molecular flexibility index (Phi) is 4.06. The van der Waals surface area contributed by atoms with Gasteiger partial charge < -0.3 is 14.4 Å². The molecule has 0 bridgehead atoms. The van der Waals surface area contributed by atoms with E-state index in [1.165, 1.54) is 18.3 Å².